The molecule has 0 bridgehead atoms. The van der Waals surface area contributed by atoms with Crippen LogP contribution in [0.4, 0.5) is 11.4 Å². The molecule has 0 saturated carbocycles. The summed E-state index contributed by atoms with van der Waals surface area (Å²) >= 11 is 0. The zero-order valence-corrected chi connectivity index (χ0v) is 13.9. The molecule has 6 heteroatoms. The van der Waals surface area contributed by atoms with Crippen molar-refractivity contribution in [3.63, 3.8) is 0 Å². The van der Waals surface area contributed by atoms with Gasteiger partial charge in [-0.15, -0.1) is 0 Å². The predicted molar refractivity (Wildman–Crippen MR) is 99.2 cm³/mol. The zero-order valence-electron chi connectivity index (χ0n) is 13.9. The number of amides is 1. The van der Waals surface area contributed by atoms with Crippen LogP contribution in [0.2, 0.25) is 0 Å². The molecule has 25 heavy (non-hydrogen) atoms. The topological polar surface area (TPSA) is 81.8 Å². The minimum Gasteiger partial charge on any atom is -0.355 e. The predicted octanol–water partition coefficient (Wildman–Crippen LogP) is 2.79. The van der Waals surface area contributed by atoms with Crippen LogP contribution in [0.5, 0.6) is 0 Å². The maximum Gasteiger partial charge on any atom is 0.253 e. The van der Waals surface area contributed by atoms with E-state index in [9.17, 15) is 4.79 Å². The van der Waals surface area contributed by atoms with Gasteiger partial charge in [-0.3, -0.25) is 9.89 Å². The summed E-state index contributed by atoms with van der Waals surface area (Å²) in [7, 11) is 0. The third kappa shape index (κ3) is 3.49. The number of hydrogen-bond donors (Lipinski definition) is 4. The van der Waals surface area contributed by atoms with Crippen molar-refractivity contribution in [3.8, 4) is 0 Å². The summed E-state index contributed by atoms with van der Waals surface area (Å²) in [4.78, 5) is 12.7. The van der Waals surface area contributed by atoms with Crippen LogP contribution in [0, 0.1) is 0 Å². The fourth-order valence-electron chi connectivity index (χ4n) is 3.20. The Labute approximate surface area is 146 Å². The Kier molecular flexibility index (Phi) is 4.35. The number of piperidine rings is 1. The van der Waals surface area contributed by atoms with E-state index in [4.69, 9.17) is 0 Å². The van der Waals surface area contributed by atoms with Crippen LogP contribution in [-0.2, 0) is 0 Å². The first-order valence-electron chi connectivity index (χ1n) is 8.60. The smallest absolute Gasteiger partial charge is 0.253 e. The number of nitrogens with zero attached hydrogens (tertiary/aromatic N) is 1. The lowest BCUT2D eigenvalue weighted by molar-refractivity contribution is 0.0930. The maximum atomic E-state index is 12.7. The Balaban J connectivity index is 1.54. The summed E-state index contributed by atoms with van der Waals surface area (Å²) in [6.45, 7) is 1.91. The molecule has 6 nitrogen and oxygen atoms in total. The van der Waals surface area contributed by atoms with E-state index in [0.29, 0.717) is 5.56 Å². The summed E-state index contributed by atoms with van der Waals surface area (Å²) < 4.78 is 0. The number of anilines is 2. The van der Waals surface area contributed by atoms with E-state index in [0.717, 1.165) is 48.2 Å². The number of rotatable bonds is 4. The van der Waals surface area contributed by atoms with E-state index in [1.807, 2.05) is 42.5 Å². The van der Waals surface area contributed by atoms with Crippen molar-refractivity contribution in [2.24, 2.45) is 0 Å². The van der Waals surface area contributed by atoms with E-state index in [1.165, 1.54) is 0 Å². The van der Waals surface area contributed by atoms with Gasteiger partial charge in [-0.2, -0.15) is 5.10 Å². The molecule has 0 unspecified atom stereocenters. The summed E-state index contributed by atoms with van der Waals surface area (Å²) in [5, 5.41) is 17.8. The van der Waals surface area contributed by atoms with E-state index >= 15 is 0 Å². The number of carbonyl (C=O) groups excluding carboxylic acids is 1. The highest BCUT2D eigenvalue weighted by molar-refractivity contribution is 6.00. The van der Waals surface area contributed by atoms with Gasteiger partial charge in [-0.05, 0) is 56.3 Å². The van der Waals surface area contributed by atoms with Crippen LogP contribution in [0.15, 0.2) is 48.7 Å². The third-order valence-electron chi connectivity index (χ3n) is 4.57. The first-order chi connectivity index (χ1) is 12.3. The number of nitrogens with one attached hydrogen (secondary N) is 4. The van der Waals surface area contributed by atoms with E-state index in [1.54, 1.807) is 6.20 Å². The molecule has 128 valence electrons. The number of H-pyrrole nitrogens is 1. The van der Waals surface area contributed by atoms with Crippen LogP contribution in [-0.4, -0.2) is 35.2 Å². The lowest BCUT2D eigenvalue weighted by atomic mass is 10.1. The van der Waals surface area contributed by atoms with E-state index in [2.05, 4.69) is 26.1 Å². The molecule has 1 fully saturated rings. The first kappa shape index (κ1) is 15.7. The van der Waals surface area contributed by atoms with Crippen LogP contribution in [0.1, 0.15) is 23.2 Å². The number of aromatic amines is 1. The first-order valence-corrected chi connectivity index (χ1v) is 8.60. The number of hydrogen-bond acceptors (Lipinski definition) is 4. The molecule has 3 aromatic rings. The van der Waals surface area contributed by atoms with Crippen LogP contribution in [0.25, 0.3) is 10.9 Å². The van der Waals surface area contributed by atoms with Crippen molar-refractivity contribution >= 4 is 28.2 Å². The SMILES string of the molecule is O=C(NC1CCNCC1)c1ccccc1Nc1ccc2[nH]ncc2c1. The van der Waals surface area contributed by atoms with Gasteiger partial charge in [0.25, 0.3) is 5.91 Å². The second kappa shape index (κ2) is 6.94. The molecular formula is C19H21N5O. The van der Waals surface area contributed by atoms with Crippen molar-refractivity contribution < 1.29 is 4.79 Å². The quantitative estimate of drug-likeness (QED) is 0.591. The molecular weight excluding hydrogens is 314 g/mol. The van der Waals surface area contributed by atoms with Gasteiger partial charge in [-0.25, -0.2) is 0 Å². The second-order valence-electron chi connectivity index (χ2n) is 6.34. The molecule has 4 rings (SSSR count). The summed E-state index contributed by atoms with van der Waals surface area (Å²) in [5.41, 5.74) is 3.38. The standard InChI is InChI=1S/C19H21N5O/c25-19(23-14-7-9-20-10-8-14)16-3-1-2-4-18(16)22-15-5-6-17-13(11-15)12-21-24-17/h1-6,11-12,14,20,22H,7-10H2,(H,21,24)(H,23,25). The van der Waals surface area contributed by atoms with Crippen molar-refractivity contribution in [2.45, 2.75) is 18.9 Å². The van der Waals surface area contributed by atoms with Crippen LogP contribution >= 0.6 is 0 Å². The molecule has 1 aliphatic rings. The van der Waals surface area contributed by atoms with Gasteiger partial charge >= 0.3 is 0 Å². The summed E-state index contributed by atoms with van der Waals surface area (Å²) in [5.74, 6) is -0.0283. The van der Waals surface area contributed by atoms with Crippen LogP contribution < -0.4 is 16.0 Å². The Morgan fingerprint density at radius 1 is 1.12 bits per heavy atom. The molecule has 1 saturated heterocycles. The summed E-state index contributed by atoms with van der Waals surface area (Å²) in [6, 6.07) is 13.8. The number of fused-ring (bicyclic) bond motifs is 1. The lowest BCUT2D eigenvalue weighted by Gasteiger charge is -2.24. The fourth-order valence-corrected chi connectivity index (χ4v) is 3.20. The van der Waals surface area contributed by atoms with Gasteiger partial charge in [0.05, 0.1) is 23.0 Å². The van der Waals surface area contributed by atoms with Crippen LogP contribution in [0.3, 0.4) is 0 Å². The maximum absolute atomic E-state index is 12.7. The zero-order chi connectivity index (χ0) is 17.1. The van der Waals surface area contributed by atoms with Gasteiger partial charge in [0.15, 0.2) is 0 Å². The molecule has 1 aromatic heterocycles. The van der Waals surface area contributed by atoms with Gasteiger partial charge in [0, 0.05) is 17.1 Å². The third-order valence-corrected chi connectivity index (χ3v) is 4.57. The molecule has 2 aromatic carbocycles. The minimum absolute atomic E-state index is 0.0283. The average Bonchev–Trinajstić information content (AvgIpc) is 3.11. The van der Waals surface area contributed by atoms with Crippen molar-refractivity contribution in [1.82, 2.24) is 20.8 Å². The molecule has 0 radical (unpaired) electrons. The monoisotopic (exact) mass is 335 g/mol. The van der Waals surface area contributed by atoms with Crippen molar-refractivity contribution in [2.75, 3.05) is 18.4 Å². The van der Waals surface area contributed by atoms with Crippen molar-refractivity contribution in [1.29, 1.82) is 0 Å². The Bertz CT molecular complexity index is 882. The van der Waals surface area contributed by atoms with Gasteiger partial charge in [0.2, 0.25) is 0 Å². The van der Waals surface area contributed by atoms with E-state index < -0.39 is 0 Å². The van der Waals surface area contributed by atoms with Gasteiger partial charge < -0.3 is 16.0 Å². The molecule has 1 aliphatic heterocycles. The second-order valence-corrected chi connectivity index (χ2v) is 6.34. The van der Waals surface area contributed by atoms with Crippen molar-refractivity contribution in [3.05, 3.63) is 54.2 Å². The number of benzene rings is 2. The summed E-state index contributed by atoms with van der Waals surface area (Å²) in [6.07, 6.45) is 3.73. The van der Waals surface area contributed by atoms with Gasteiger partial charge in [-0.1, -0.05) is 12.1 Å². The highest BCUT2D eigenvalue weighted by Crippen LogP contribution is 2.24. The number of carbonyl (C=O) groups is 1. The molecule has 0 spiro atoms. The highest BCUT2D eigenvalue weighted by atomic mass is 16.1. The number of aromatic nitrogens is 2. The van der Waals surface area contributed by atoms with E-state index in [-0.39, 0.29) is 11.9 Å². The molecule has 2 heterocycles. The molecule has 0 aliphatic carbocycles. The number of para-hydroxylation sites is 1. The Morgan fingerprint density at radius 3 is 2.84 bits per heavy atom. The molecule has 4 N–H and O–H groups in total. The minimum atomic E-state index is -0.0283. The fraction of sp³-hybridized carbons (Fsp3) is 0.263. The lowest BCUT2D eigenvalue weighted by Crippen LogP contribution is -2.42. The molecule has 0 atom stereocenters. The normalized spacial score (nSPS) is 15.2. The Morgan fingerprint density at radius 2 is 1.96 bits per heavy atom. The highest BCUT2D eigenvalue weighted by Gasteiger charge is 2.18. The largest absolute Gasteiger partial charge is 0.355 e. The van der Waals surface area contributed by atoms with Gasteiger partial charge in [0.1, 0.15) is 0 Å². The molecule has 1 amide bonds. The average molecular weight is 335 g/mol. The Hall–Kier alpha value is -2.86.